The lowest BCUT2D eigenvalue weighted by Crippen LogP contribution is -2.45. The predicted octanol–water partition coefficient (Wildman–Crippen LogP) is 1.85. The summed E-state index contributed by atoms with van der Waals surface area (Å²) in [5, 5.41) is 8.93. The van der Waals surface area contributed by atoms with E-state index in [2.05, 4.69) is 18.7 Å². The van der Waals surface area contributed by atoms with E-state index in [-0.39, 0.29) is 0 Å². The average molecular weight is 242 g/mol. The molecular weight excluding hydrogens is 212 g/mol. The summed E-state index contributed by atoms with van der Waals surface area (Å²) in [5.41, 5.74) is 6.39. The molecular formula is C14H30N2O. The molecule has 1 aliphatic rings. The maximum absolute atomic E-state index is 8.93. The average Bonchev–Trinajstić information content (AvgIpc) is 2.34. The third kappa shape index (κ3) is 4.57. The van der Waals surface area contributed by atoms with Gasteiger partial charge in [-0.2, -0.15) is 0 Å². The molecule has 0 saturated heterocycles. The van der Waals surface area contributed by atoms with Crippen molar-refractivity contribution >= 4 is 0 Å². The molecule has 0 aromatic rings. The minimum Gasteiger partial charge on any atom is -0.396 e. The predicted molar refractivity (Wildman–Crippen MR) is 72.9 cm³/mol. The van der Waals surface area contributed by atoms with Gasteiger partial charge in [-0.05, 0) is 43.7 Å². The van der Waals surface area contributed by atoms with E-state index in [1.54, 1.807) is 0 Å². The molecule has 3 N–H and O–H groups in total. The first kappa shape index (κ1) is 14.9. The zero-order valence-electron chi connectivity index (χ0n) is 11.6. The summed E-state index contributed by atoms with van der Waals surface area (Å²) in [5.74, 6) is 0.823. The monoisotopic (exact) mass is 242 g/mol. The van der Waals surface area contributed by atoms with Crippen molar-refractivity contribution in [2.45, 2.75) is 46.0 Å². The summed E-state index contributed by atoms with van der Waals surface area (Å²) < 4.78 is 0. The highest BCUT2D eigenvalue weighted by Gasteiger charge is 2.34. The van der Waals surface area contributed by atoms with Crippen molar-refractivity contribution in [2.75, 3.05) is 32.8 Å². The van der Waals surface area contributed by atoms with Gasteiger partial charge in [0.15, 0.2) is 0 Å². The van der Waals surface area contributed by atoms with Crippen LogP contribution in [0, 0.1) is 11.3 Å². The second kappa shape index (κ2) is 7.34. The van der Waals surface area contributed by atoms with Crippen molar-refractivity contribution in [3.63, 3.8) is 0 Å². The number of aliphatic hydroxyl groups excluding tert-OH is 1. The van der Waals surface area contributed by atoms with Gasteiger partial charge in [0.2, 0.25) is 0 Å². The van der Waals surface area contributed by atoms with E-state index in [1.807, 2.05) is 0 Å². The Kier molecular flexibility index (Phi) is 6.45. The van der Waals surface area contributed by atoms with E-state index in [9.17, 15) is 0 Å². The van der Waals surface area contributed by atoms with E-state index in [0.29, 0.717) is 12.0 Å². The van der Waals surface area contributed by atoms with Crippen LogP contribution in [-0.2, 0) is 0 Å². The Morgan fingerprint density at radius 2 is 2.24 bits per heavy atom. The minimum absolute atomic E-state index is 0.294. The molecule has 0 bridgehead atoms. The number of hydrogen-bond donors (Lipinski definition) is 2. The number of nitrogens with two attached hydrogens (primary N) is 1. The lowest BCUT2D eigenvalue weighted by Gasteiger charge is -2.42. The number of rotatable bonds is 7. The fraction of sp³-hybridized carbons (Fsp3) is 1.00. The van der Waals surface area contributed by atoms with Crippen molar-refractivity contribution in [2.24, 2.45) is 17.1 Å². The molecule has 0 aromatic heterocycles. The summed E-state index contributed by atoms with van der Waals surface area (Å²) >= 11 is 0. The summed E-state index contributed by atoms with van der Waals surface area (Å²) in [4.78, 5) is 2.46. The molecule has 0 radical (unpaired) electrons. The van der Waals surface area contributed by atoms with Gasteiger partial charge >= 0.3 is 0 Å². The van der Waals surface area contributed by atoms with Crippen LogP contribution in [0.15, 0.2) is 0 Å². The van der Waals surface area contributed by atoms with Crippen molar-refractivity contribution in [1.82, 2.24) is 4.90 Å². The van der Waals surface area contributed by atoms with Gasteiger partial charge in [0.25, 0.3) is 0 Å². The molecule has 0 amide bonds. The maximum Gasteiger partial charge on any atom is 0.0443 e. The van der Waals surface area contributed by atoms with Crippen LogP contribution in [-0.4, -0.2) is 42.8 Å². The van der Waals surface area contributed by atoms with E-state index >= 15 is 0 Å². The first-order chi connectivity index (χ1) is 8.15. The van der Waals surface area contributed by atoms with Crippen LogP contribution in [0.25, 0.3) is 0 Å². The molecule has 17 heavy (non-hydrogen) atoms. The molecule has 2 unspecified atom stereocenters. The van der Waals surface area contributed by atoms with Gasteiger partial charge in [-0.1, -0.05) is 26.7 Å². The molecule has 2 atom stereocenters. The van der Waals surface area contributed by atoms with E-state index in [0.717, 1.165) is 38.5 Å². The molecule has 1 aliphatic carbocycles. The molecule has 0 aromatic carbocycles. The van der Waals surface area contributed by atoms with Gasteiger partial charge in [0, 0.05) is 19.7 Å². The van der Waals surface area contributed by atoms with Gasteiger partial charge < -0.3 is 15.7 Å². The molecule has 3 heteroatoms. The first-order valence-corrected chi connectivity index (χ1v) is 7.19. The van der Waals surface area contributed by atoms with Gasteiger partial charge in [0.05, 0.1) is 0 Å². The zero-order valence-corrected chi connectivity index (χ0v) is 11.6. The minimum atomic E-state index is 0.294. The fourth-order valence-electron chi connectivity index (χ4n) is 3.28. The fourth-order valence-corrected chi connectivity index (χ4v) is 3.28. The normalized spacial score (nSPS) is 29.8. The number of aliphatic hydroxyl groups is 1. The Morgan fingerprint density at radius 3 is 2.76 bits per heavy atom. The van der Waals surface area contributed by atoms with Gasteiger partial charge in [-0.15, -0.1) is 0 Å². The van der Waals surface area contributed by atoms with Crippen LogP contribution < -0.4 is 5.73 Å². The smallest absolute Gasteiger partial charge is 0.0443 e. The van der Waals surface area contributed by atoms with Crippen LogP contribution >= 0.6 is 0 Å². The summed E-state index contributed by atoms with van der Waals surface area (Å²) in [7, 11) is 0. The Labute approximate surface area is 106 Å². The Bertz CT molecular complexity index is 210. The zero-order chi connectivity index (χ0) is 12.7. The van der Waals surface area contributed by atoms with Crippen molar-refractivity contribution in [3.05, 3.63) is 0 Å². The molecule has 0 heterocycles. The largest absolute Gasteiger partial charge is 0.396 e. The second-order valence-corrected chi connectivity index (χ2v) is 5.85. The summed E-state index contributed by atoms with van der Waals surface area (Å²) in [6.07, 6.45) is 6.13. The molecule has 1 fully saturated rings. The summed E-state index contributed by atoms with van der Waals surface area (Å²) in [6.45, 7) is 8.85. The highest BCUT2D eigenvalue weighted by atomic mass is 16.3. The van der Waals surface area contributed by atoms with Gasteiger partial charge in [-0.25, -0.2) is 0 Å². The molecule has 1 saturated carbocycles. The lowest BCUT2D eigenvalue weighted by atomic mass is 9.69. The number of nitrogens with zero attached hydrogens (tertiary/aromatic N) is 1. The van der Waals surface area contributed by atoms with Crippen LogP contribution in [0.4, 0.5) is 0 Å². The second-order valence-electron chi connectivity index (χ2n) is 5.85. The van der Waals surface area contributed by atoms with Crippen LogP contribution in [0.2, 0.25) is 0 Å². The Hall–Kier alpha value is -0.120. The third-order valence-corrected chi connectivity index (χ3v) is 4.26. The van der Waals surface area contributed by atoms with Crippen molar-refractivity contribution in [1.29, 1.82) is 0 Å². The molecule has 1 rings (SSSR count). The first-order valence-electron chi connectivity index (χ1n) is 7.19. The third-order valence-electron chi connectivity index (χ3n) is 4.26. The van der Waals surface area contributed by atoms with E-state index < -0.39 is 0 Å². The topological polar surface area (TPSA) is 49.5 Å². The van der Waals surface area contributed by atoms with Crippen molar-refractivity contribution < 1.29 is 5.11 Å². The standard InChI is InChI=1S/C14H30N2O/c1-3-16(8-5-9-17)12-14(11-15)7-4-6-13(2)10-14/h13,17H,3-12,15H2,1-2H3. The Morgan fingerprint density at radius 1 is 1.47 bits per heavy atom. The highest BCUT2D eigenvalue weighted by molar-refractivity contribution is 4.88. The lowest BCUT2D eigenvalue weighted by molar-refractivity contribution is 0.0870. The number of hydrogen-bond acceptors (Lipinski definition) is 3. The Balaban J connectivity index is 2.53. The summed E-state index contributed by atoms with van der Waals surface area (Å²) in [6, 6.07) is 0. The van der Waals surface area contributed by atoms with Gasteiger partial charge in [0.1, 0.15) is 0 Å². The molecule has 3 nitrogen and oxygen atoms in total. The highest BCUT2D eigenvalue weighted by Crippen LogP contribution is 2.39. The van der Waals surface area contributed by atoms with Crippen LogP contribution in [0.1, 0.15) is 46.0 Å². The SMILES string of the molecule is CCN(CCCO)CC1(CN)CCCC(C)C1. The van der Waals surface area contributed by atoms with Crippen molar-refractivity contribution in [3.8, 4) is 0 Å². The van der Waals surface area contributed by atoms with Crippen LogP contribution in [0.5, 0.6) is 0 Å². The van der Waals surface area contributed by atoms with E-state index in [4.69, 9.17) is 10.8 Å². The molecule has 102 valence electrons. The van der Waals surface area contributed by atoms with Crippen LogP contribution in [0.3, 0.4) is 0 Å². The molecule has 0 aliphatic heterocycles. The molecule has 0 spiro atoms. The maximum atomic E-state index is 8.93. The van der Waals surface area contributed by atoms with Gasteiger partial charge in [-0.3, -0.25) is 0 Å². The quantitative estimate of drug-likeness (QED) is 0.716. The van der Waals surface area contributed by atoms with E-state index in [1.165, 1.54) is 25.7 Å².